The van der Waals surface area contributed by atoms with Gasteiger partial charge in [-0.1, -0.05) is 13.8 Å². The molecule has 2 rings (SSSR count). The first-order valence-electron chi connectivity index (χ1n) is 10.8. The molecule has 9 nitrogen and oxygen atoms in total. The van der Waals surface area contributed by atoms with Crippen LogP contribution in [0, 0.1) is 5.92 Å². The zero-order chi connectivity index (χ0) is 23.8. The SMILES string of the molecule is CCC(=O)Nc1ccc2c(c1)C(=O)N(C)C[C@H](OC)[C@H](C)CN(C(=O)COC)[C@H](C)CO2. The van der Waals surface area contributed by atoms with Gasteiger partial charge in [0.1, 0.15) is 19.0 Å². The van der Waals surface area contributed by atoms with Crippen LogP contribution in [0.5, 0.6) is 5.75 Å². The van der Waals surface area contributed by atoms with E-state index in [4.69, 9.17) is 14.2 Å². The van der Waals surface area contributed by atoms with Crippen LogP contribution in [0.4, 0.5) is 5.69 Å². The number of hydrogen-bond donors (Lipinski definition) is 1. The highest BCUT2D eigenvalue weighted by molar-refractivity contribution is 5.99. The van der Waals surface area contributed by atoms with Crippen molar-refractivity contribution < 1.29 is 28.6 Å². The predicted octanol–water partition coefficient (Wildman–Crippen LogP) is 2.01. The van der Waals surface area contributed by atoms with Gasteiger partial charge in [0.2, 0.25) is 11.8 Å². The standard InChI is InChI=1S/C23H35N3O6/c1-7-21(27)24-17-8-9-19-18(10-17)23(29)25(4)12-20(31-6)15(2)11-26(16(3)13-32-19)22(28)14-30-5/h8-10,15-16,20H,7,11-14H2,1-6H3,(H,24,27)/t15-,16-,20+/m1/s1. The molecule has 1 aromatic carbocycles. The number of anilines is 1. The largest absolute Gasteiger partial charge is 0.491 e. The van der Waals surface area contributed by atoms with Gasteiger partial charge in [0.25, 0.3) is 5.91 Å². The van der Waals surface area contributed by atoms with Crippen LogP contribution >= 0.6 is 0 Å². The topological polar surface area (TPSA) is 97.4 Å². The molecule has 1 aliphatic heterocycles. The number of carbonyl (C=O) groups excluding carboxylic acids is 3. The summed E-state index contributed by atoms with van der Waals surface area (Å²) in [7, 11) is 4.79. The first kappa shape index (κ1) is 25.6. The van der Waals surface area contributed by atoms with Crippen molar-refractivity contribution in [2.24, 2.45) is 5.92 Å². The molecule has 3 atom stereocenters. The van der Waals surface area contributed by atoms with Gasteiger partial charge in [0.05, 0.1) is 17.7 Å². The quantitative estimate of drug-likeness (QED) is 0.739. The number of ether oxygens (including phenoxy) is 3. The Balaban J connectivity index is 2.44. The van der Waals surface area contributed by atoms with E-state index in [-0.39, 0.29) is 49.0 Å². The number of carbonyl (C=O) groups is 3. The lowest BCUT2D eigenvalue weighted by Crippen LogP contribution is -2.49. The first-order valence-corrected chi connectivity index (χ1v) is 10.8. The highest BCUT2D eigenvalue weighted by Gasteiger charge is 2.30. The number of nitrogens with one attached hydrogen (secondary N) is 1. The Kier molecular flexibility index (Phi) is 9.46. The van der Waals surface area contributed by atoms with E-state index in [0.717, 1.165) is 0 Å². The first-order chi connectivity index (χ1) is 15.2. The van der Waals surface area contributed by atoms with Crippen molar-refractivity contribution in [1.82, 2.24) is 9.80 Å². The van der Waals surface area contributed by atoms with Gasteiger partial charge in [-0.15, -0.1) is 0 Å². The summed E-state index contributed by atoms with van der Waals surface area (Å²) in [6, 6.07) is 4.74. The lowest BCUT2D eigenvalue weighted by atomic mass is 10.0. The maximum Gasteiger partial charge on any atom is 0.257 e. The Morgan fingerprint density at radius 3 is 2.56 bits per heavy atom. The predicted molar refractivity (Wildman–Crippen MR) is 121 cm³/mol. The number of benzene rings is 1. The summed E-state index contributed by atoms with van der Waals surface area (Å²) in [5.74, 6) is -0.154. The van der Waals surface area contributed by atoms with Crippen molar-refractivity contribution in [2.75, 3.05) is 52.9 Å². The van der Waals surface area contributed by atoms with E-state index in [0.29, 0.717) is 36.5 Å². The van der Waals surface area contributed by atoms with E-state index in [2.05, 4.69) is 5.32 Å². The zero-order valence-electron chi connectivity index (χ0n) is 19.8. The second-order valence-electron chi connectivity index (χ2n) is 8.19. The molecule has 0 aliphatic carbocycles. The van der Waals surface area contributed by atoms with E-state index in [9.17, 15) is 14.4 Å². The molecule has 0 spiro atoms. The monoisotopic (exact) mass is 449 g/mol. The van der Waals surface area contributed by atoms with E-state index in [1.807, 2.05) is 13.8 Å². The molecule has 32 heavy (non-hydrogen) atoms. The third kappa shape index (κ3) is 6.43. The van der Waals surface area contributed by atoms with Crippen molar-refractivity contribution in [3.8, 4) is 5.75 Å². The Labute approximate surface area is 190 Å². The number of amides is 3. The highest BCUT2D eigenvalue weighted by atomic mass is 16.5. The van der Waals surface area contributed by atoms with E-state index in [1.165, 1.54) is 7.11 Å². The van der Waals surface area contributed by atoms with Gasteiger partial charge in [-0.05, 0) is 25.1 Å². The molecule has 0 unspecified atom stereocenters. The van der Waals surface area contributed by atoms with Crippen LogP contribution < -0.4 is 10.1 Å². The van der Waals surface area contributed by atoms with Crippen LogP contribution in [0.15, 0.2) is 18.2 Å². The second kappa shape index (κ2) is 11.8. The van der Waals surface area contributed by atoms with Crippen molar-refractivity contribution >= 4 is 23.4 Å². The molecule has 1 aliphatic rings. The Bertz CT molecular complexity index is 815. The normalized spacial score (nSPS) is 22.3. The summed E-state index contributed by atoms with van der Waals surface area (Å²) < 4.78 is 16.7. The maximum absolute atomic E-state index is 13.3. The van der Waals surface area contributed by atoms with Crippen molar-refractivity contribution in [1.29, 1.82) is 0 Å². The molecule has 0 saturated carbocycles. The minimum absolute atomic E-state index is 0.0236. The number of methoxy groups -OCH3 is 2. The summed E-state index contributed by atoms with van der Waals surface area (Å²) in [6.45, 7) is 6.61. The van der Waals surface area contributed by atoms with E-state index < -0.39 is 0 Å². The molecule has 3 amide bonds. The maximum atomic E-state index is 13.3. The smallest absolute Gasteiger partial charge is 0.257 e. The molecule has 1 N–H and O–H groups in total. The van der Waals surface area contributed by atoms with Crippen LogP contribution in [0.1, 0.15) is 37.6 Å². The Morgan fingerprint density at radius 1 is 1.22 bits per heavy atom. The van der Waals surface area contributed by atoms with E-state index in [1.54, 1.807) is 49.1 Å². The van der Waals surface area contributed by atoms with Gasteiger partial charge in [0.15, 0.2) is 0 Å². The van der Waals surface area contributed by atoms with Crippen LogP contribution in [0.3, 0.4) is 0 Å². The molecule has 0 bridgehead atoms. The van der Waals surface area contributed by atoms with Gasteiger partial charge >= 0.3 is 0 Å². The summed E-state index contributed by atoms with van der Waals surface area (Å²) in [6.07, 6.45) is 0.0540. The van der Waals surface area contributed by atoms with E-state index >= 15 is 0 Å². The fourth-order valence-corrected chi connectivity index (χ4v) is 3.66. The third-order valence-corrected chi connectivity index (χ3v) is 5.64. The van der Waals surface area contributed by atoms with Gasteiger partial charge in [-0.25, -0.2) is 0 Å². The van der Waals surface area contributed by atoms with Crippen molar-refractivity contribution in [3.63, 3.8) is 0 Å². The summed E-state index contributed by atoms with van der Waals surface area (Å²) in [5.41, 5.74) is 0.862. The minimum atomic E-state index is -0.277. The fourth-order valence-electron chi connectivity index (χ4n) is 3.66. The average Bonchev–Trinajstić information content (AvgIpc) is 2.78. The molecule has 9 heteroatoms. The number of rotatable bonds is 5. The lowest BCUT2D eigenvalue weighted by Gasteiger charge is -2.36. The molecule has 0 aromatic heterocycles. The molecule has 0 saturated heterocycles. The van der Waals surface area contributed by atoms with Crippen LogP contribution in [-0.4, -0.2) is 87.2 Å². The zero-order valence-corrected chi connectivity index (χ0v) is 19.8. The van der Waals surface area contributed by atoms with Gasteiger partial charge in [0, 0.05) is 52.4 Å². The number of hydrogen-bond acceptors (Lipinski definition) is 6. The summed E-state index contributed by atoms with van der Waals surface area (Å²) >= 11 is 0. The lowest BCUT2D eigenvalue weighted by molar-refractivity contribution is -0.139. The molecular weight excluding hydrogens is 414 g/mol. The molecular formula is C23H35N3O6. The highest BCUT2D eigenvalue weighted by Crippen LogP contribution is 2.26. The molecule has 0 fully saturated rings. The van der Waals surface area contributed by atoms with Gasteiger partial charge in [-0.2, -0.15) is 0 Å². The average molecular weight is 450 g/mol. The Morgan fingerprint density at radius 2 is 1.94 bits per heavy atom. The Hall–Kier alpha value is -2.65. The molecule has 0 radical (unpaired) electrons. The summed E-state index contributed by atoms with van der Waals surface area (Å²) in [5, 5.41) is 2.78. The van der Waals surface area contributed by atoms with Crippen molar-refractivity contribution in [3.05, 3.63) is 23.8 Å². The van der Waals surface area contributed by atoms with Gasteiger partial charge in [-0.3, -0.25) is 14.4 Å². The second-order valence-corrected chi connectivity index (χ2v) is 8.19. The van der Waals surface area contributed by atoms with Crippen LogP contribution in [0.2, 0.25) is 0 Å². The fraction of sp³-hybridized carbons (Fsp3) is 0.609. The molecule has 1 aromatic rings. The van der Waals surface area contributed by atoms with Gasteiger partial charge < -0.3 is 29.3 Å². The van der Waals surface area contributed by atoms with Crippen molar-refractivity contribution in [2.45, 2.75) is 39.3 Å². The number of fused-ring (bicyclic) bond motifs is 1. The number of nitrogens with zero attached hydrogens (tertiary/aromatic N) is 2. The third-order valence-electron chi connectivity index (χ3n) is 5.64. The molecule has 1 heterocycles. The molecule has 178 valence electrons. The summed E-state index contributed by atoms with van der Waals surface area (Å²) in [4.78, 5) is 41.1. The van der Waals surface area contributed by atoms with Crippen LogP contribution in [-0.2, 0) is 19.1 Å². The number of likely N-dealkylation sites (N-methyl/N-ethyl adjacent to an activating group) is 1. The minimum Gasteiger partial charge on any atom is -0.491 e. The van der Waals surface area contributed by atoms with Crippen LogP contribution in [0.25, 0.3) is 0 Å².